The summed E-state index contributed by atoms with van der Waals surface area (Å²) in [6.07, 6.45) is 1.87. The zero-order chi connectivity index (χ0) is 22.3. The summed E-state index contributed by atoms with van der Waals surface area (Å²) in [5.74, 6) is 0.477. The molecule has 0 spiro atoms. The molecule has 2 fully saturated rings. The van der Waals surface area contributed by atoms with Crippen LogP contribution in [0.25, 0.3) is 0 Å². The van der Waals surface area contributed by atoms with Gasteiger partial charge < -0.3 is 15.1 Å². The van der Waals surface area contributed by atoms with Crippen molar-refractivity contribution in [1.29, 1.82) is 0 Å². The minimum absolute atomic E-state index is 0.0725. The molecule has 2 aliphatic heterocycles. The minimum atomic E-state index is -1.16. The third kappa shape index (κ3) is 3.89. The molecular weight excluding hydrogens is 462 g/mol. The first-order valence-corrected chi connectivity index (χ1v) is 10.9. The van der Waals surface area contributed by atoms with E-state index in [0.717, 1.165) is 16.9 Å². The number of aromatic nitrogens is 1. The third-order valence-electron chi connectivity index (χ3n) is 5.88. The van der Waals surface area contributed by atoms with E-state index in [1.807, 2.05) is 18.0 Å². The Balaban J connectivity index is 1.47. The van der Waals surface area contributed by atoms with Crippen LogP contribution in [0.15, 0.2) is 34.9 Å². The number of carbonyl (C=O) groups is 3. The lowest BCUT2D eigenvalue weighted by atomic mass is 9.91. The van der Waals surface area contributed by atoms with Gasteiger partial charge in [0.15, 0.2) is 0 Å². The Morgan fingerprint density at radius 1 is 1.13 bits per heavy atom. The van der Waals surface area contributed by atoms with Crippen molar-refractivity contribution in [3.05, 3.63) is 57.2 Å². The van der Waals surface area contributed by atoms with E-state index in [9.17, 15) is 14.4 Å². The number of nitrogens with zero attached hydrogens (tertiary/aromatic N) is 3. The fourth-order valence-corrected chi connectivity index (χ4v) is 4.63. The number of amides is 4. The normalized spacial score (nSPS) is 21.2. The largest absolute Gasteiger partial charge is 0.353 e. The Morgan fingerprint density at radius 2 is 1.84 bits per heavy atom. The molecule has 1 atom stereocenters. The molecule has 0 bridgehead atoms. The van der Waals surface area contributed by atoms with Crippen molar-refractivity contribution in [3.63, 3.8) is 0 Å². The van der Waals surface area contributed by atoms with Crippen molar-refractivity contribution in [3.8, 4) is 0 Å². The molecule has 2 aromatic rings. The maximum absolute atomic E-state index is 13.1. The van der Waals surface area contributed by atoms with Crippen molar-refractivity contribution in [2.24, 2.45) is 0 Å². The van der Waals surface area contributed by atoms with Gasteiger partial charge in [-0.2, -0.15) is 0 Å². The number of pyridine rings is 1. The topological polar surface area (TPSA) is 94.6 Å². The van der Waals surface area contributed by atoms with Gasteiger partial charge in [0.2, 0.25) is 0 Å². The number of piperazine rings is 1. The molecule has 4 rings (SSSR count). The van der Waals surface area contributed by atoms with Crippen molar-refractivity contribution in [1.82, 2.24) is 20.5 Å². The maximum Gasteiger partial charge on any atom is 0.322 e. The molecule has 2 N–H and O–H groups in total. The van der Waals surface area contributed by atoms with Gasteiger partial charge in [-0.15, -0.1) is 0 Å². The molecule has 2 aliphatic rings. The van der Waals surface area contributed by atoms with Gasteiger partial charge in [-0.25, -0.2) is 9.78 Å². The summed E-state index contributed by atoms with van der Waals surface area (Å²) in [7, 11) is 0. The van der Waals surface area contributed by atoms with E-state index >= 15 is 0 Å². The Labute approximate surface area is 189 Å². The van der Waals surface area contributed by atoms with Gasteiger partial charge in [0.05, 0.1) is 5.56 Å². The minimum Gasteiger partial charge on any atom is -0.353 e. The van der Waals surface area contributed by atoms with Crippen LogP contribution in [-0.2, 0) is 10.3 Å². The van der Waals surface area contributed by atoms with E-state index in [2.05, 4.69) is 49.4 Å². The number of carbonyl (C=O) groups excluding carboxylic acids is 3. The molecule has 0 saturated carbocycles. The average molecular weight is 486 g/mol. The third-order valence-corrected chi connectivity index (χ3v) is 6.53. The highest BCUT2D eigenvalue weighted by Crippen LogP contribution is 2.30. The summed E-state index contributed by atoms with van der Waals surface area (Å²) in [6.45, 7) is 8.33. The van der Waals surface area contributed by atoms with Crippen LogP contribution in [0, 0.1) is 13.8 Å². The molecule has 1 aromatic heterocycles. The number of nitrogens with one attached hydrogen (secondary N) is 2. The molecule has 162 valence electrons. The molecule has 1 unspecified atom stereocenters. The summed E-state index contributed by atoms with van der Waals surface area (Å²) >= 11 is 3.47. The van der Waals surface area contributed by atoms with Crippen LogP contribution in [0.1, 0.15) is 34.0 Å². The number of hydrogen-bond acceptors (Lipinski definition) is 5. The Kier molecular flexibility index (Phi) is 5.47. The molecule has 4 amide bonds. The van der Waals surface area contributed by atoms with Crippen LogP contribution in [0.4, 0.5) is 10.6 Å². The first-order chi connectivity index (χ1) is 14.7. The second-order valence-electron chi connectivity index (χ2n) is 8.16. The van der Waals surface area contributed by atoms with Crippen LogP contribution in [0.2, 0.25) is 0 Å². The highest BCUT2D eigenvalue weighted by molar-refractivity contribution is 9.10. The predicted molar refractivity (Wildman–Crippen MR) is 120 cm³/mol. The summed E-state index contributed by atoms with van der Waals surface area (Å²) in [4.78, 5) is 45.4. The van der Waals surface area contributed by atoms with E-state index < -0.39 is 17.5 Å². The van der Waals surface area contributed by atoms with Crippen molar-refractivity contribution >= 4 is 39.6 Å². The lowest BCUT2D eigenvalue weighted by Crippen LogP contribution is -2.49. The second-order valence-corrected chi connectivity index (χ2v) is 9.01. The van der Waals surface area contributed by atoms with Crippen LogP contribution in [-0.4, -0.2) is 53.9 Å². The molecule has 31 heavy (non-hydrogen) atoms. The monoisotopic (exact) mass is 485 g/mol. The second kappa shape index (κ2) is 7.96. The Bertz CT molecular complexity index is 1080. The zero-order valence-electron chi connectivity index (χ0n) is 17.7. The standard InChI is InChI=1S/C22H24BrN5O3/c1-13-10-14(2)18(24-12-13)27-6-8-28(9-7-27)19(29)16-5-4-15(11-17(16)23)22(3)20(30)25-21(31)26-22/h4-5,10-12H,6-9H2,1-3H3,(H2,25,26,30,31). The van der Waals surface area contributed by atoms with Gasteiger partial charge in [-0.3, -0.25) is 14.9 Å². The zero-order valence-corrected chi connectivity index (χ0v) is 19.2. The van der Waals surface area contributed by atoms with E-state index in [0.29, 0.717) is 41.8 Å². The molecule has 2 saturated heterocycles. The van der Waals surface area contributed by atoms with Crippen molar-refractivity contribution < 1.29 is 14.4 Å². The summed E-state index contributed by atoms with van der Waals surface area (Å²) < 4.78 is 0.587. The van der Waals surface area contributed by atoms with E-state index in [-0.39, 0.29) is 5.91 Å². The lowest BCUT2D eigenvalue weighted by Gasteiger charge is -2.36. The molecule has 1 aromatic carbocycles. The number of aryl methyl sites for hydroxylation is 2. The first kappa shape index (κ1) is 21.3. The van der Waals surface area contributed by atoms with Crippen molar-refractivity contribution in [2.75, 3.05) is 31.1 Å². The Morgan fingerprint density at radius 3 is 2.42 bits per heavy atom. The van der Waals surface area contributed by atoms with E-state index in [1.165, 1.54) is 0 Å². The SMILES string of the molecule is Cc1cnc(N2CCN(C(=O)c3ccc(C4(C)NC(=O)NC4=O)cc3Br)CC2)c(C)c1. The van der Waals surface area contributed by atoms with Gasteiger partial charge in [0.25, 0.3) is 11.8 Å². The number of rotatable bonds is 3. The molecule has 0 radical (unpaired) electrons. The quantitative estimate of drug-likeness (QED) is 0.651. The summed E-state index contributed by atoms with van der Waals surface area (Å²) in [5, 5.41) is 4.89. The van der Waals surface area contributed by atoms with E-state index in [4.69, 9.17) is 0 Å². The first-order valence-electron chi connectivity index (χ1n) is 10.1. The smallest absolute Gasteiger partial charge is 0.322 e. The summed E-state index contributed by atoms with van der Waals surface area (Å²) in [5.41, 5.74) is 2.23. The molecular formula is C22H24BrN5O3. The van der Waals surface area contributed by atoms with Gasteiger partial charge in [-0.05, 0) is 65.5 Å². The number of benzene rings is 1. The number of urea groups is 1. The number of halogens is 1. The number of imide groups is 1. The number of hydrogen-bond donors (Lipinski definition) is 2. The van der Waals surface area contributed by atoms with E-state index in [1.54, 1.807) is 25.1 Å². The Hall–Kier alpha value is -2.94. The molecule has 9 heteroatoms. The van der Waals surface area contributed by atoms with Crippen LogP contribution < -0.4 is 15.5 Å². The maximum atomic E-state index is 13.1. The van der Waals surface area contributed by atoms with Gasteiger partial charge in [-0.1, -0.05) is 12.1 Å². The van der Waals surface area contributed by atoms with Crippen LogP contribution in [0.3, 0.4) is 0 Å². The fourth-order valence-electron chi connectivity index (χ4n) is 4.08. The van der Waals surface area contributed by atoms with Gasteiger partial charge in [0, 0.05) is 36.8 Å². The highest BCUT2D eigenvalue weighted by atomic mass is 79.9. The summed E-state index contributed by atoms with van der Waals surface area (Å²) in [6, 6.07) is 6.71. The fraction of sp³-hybridized carbons (Fsp3) is 0.364. The molecule has 8 nitrogen and oxygen atoms in total. The average Bonchev–Trinajstić information content (AvgIpc) is 3.00. The highest BCUT2D eigenvalue weighted by Gasteiger charge is 2.43. The number of anilines is 1. The van der Waals surface area contributed by atoms with Gasteiger partial charge >= 0.3 is 6.03 Å². The molecule has 3 heterocycles. The predicted octanol–water partition coefficient (Wildman–Crippen LogP) is 2.48. The lowest BCUT2D eigenvalue weighted by molar-refractivity contribution is -0.123. The van der Waals surface area contributed by atoms with Crippen LogP contribution in [0.5, 0.6) is 0 Å². The van der Waals surface area contributed by atoms with Crippen molar-refractivity contribution in [2.45, 2.75) is 26.3 Å². The van der Waals surface area contributed by atoms with Crippen LogP contribution >= 0.6 is 15.9 Å². The van der Waals surface area contributed by atoms with Gasteiger partial charge in [0.1, 0.15) is 11.4 Å². The molecule has 0 aliphatic carbocycles.